The van der Waals surface area contributed by atoms with Gasteiger partial charge in [-0.2, -0.15) is 0 Å². The van der Waals surface area contributed by atoms with Gasteiger partial charge in [0.2, 0.25) is 0 Å². The molecule has 0 aliphatic carbocycles. The normalized spacial score (nSPS) is 11.2. The second-order valence-electron chi connectivity index (χ2n) is 2.21. The second kappa shape index (κ2) is 3.59. The maximum Gasteiger partial charge on any atom is 0.154 e. The van der Waals surface area contributed by atoms with Crippen LogP contribution in [0.4, 0.5) is 5.69 Å². The lowest BCUT2D eigenvalue weighted by atomic mass is 10.2. The molecule has 1 aromatic carbocycles. The fraction of sp³-hybridized carbons (Fsp3) is 0. The van der Waals surface area contributed by atoms with Gasteiger partial charge in [-0.3, -0.25) is 0 Å². The number of hydrogen-bond donors (Lipinski definition) is 4. The van der Waals surface area contributed by atoms with Crippen LogP contribution in [-0.2, 0) is 0 Å². The third kappa shape index (κ3) is 1.64. The van der Waals surface area contributed by atoms with Gasteiger partial charge in [0.15, 0.2) is 5.84 Å². The number of nitrogens with zero attached hydrogens (tertiary/aromatic N) is 1. The smallest absolute Gasteiger partial charge is 0.154 e. The Morgan fingerprint density at radius 1 is 1.33 bits per heavy atom. The van der Waals surface area contributed by atoms with Crippen molar-refractivity contribution in [1.82, 2.24) is 5.53 Å². The van der Waals surface area contributed by atoms with Gasteiger partial charge >= 0.3 is 0 Å². The molecule has 0 bridgehead atoms. The molecule has 0 aliphatic heterocycles. The summed E-state index contributed by atoms with van der Waals surface area (Å²) in [5, 5.41) is 3.60. The molecule has 12 heavy (non-hydrogen) atoms. The van der Waals surface area contributed by atoms with Crippen LogP contribution in [0.1, 0.15) is 5.56 Å². The van der Waals surface area contributed by atoms with Gasteiger partial charge in [0.05, 0.1) is 0 Å². The predicted molar refractivity (Wildman–Crippen MR) is 48.9 cm³/mol. The third-order valence-corrected chi connectivity index (χ3v) is 1.42. The summed E-state index contributed by atoms with van der Waals surface area (Å²) >= 11 is 0. The Morgan fingerprint density at radius 2 is 2.00 bits per heavy atom. The van der Waals surface area contributed by atoms with Crippen LogP contribution >= 0.6 is 0 Å². The fourth-order valence-corrected chi connectivity index (χ4v) is 0.860. The van der Waals surface area contributed by atoms with Crippen molar-refractivity contribution in [2.24, 2.45) is 16.7 Å². The highest BCUT2D eigenvalue weighted by atomic mass is 15.5. The average Bonchev–Trinajstić information content (AvgIpc) is 2.05. The zero-order chi connectivity index (χ0) is 8.97. The van der Waals surface area contributed by atoms with E-state index in [0.717, 1.165) is 0 Å². The Hall–Kier alpha value is -1.75. The van der Waals surface area contributed by atoms with Gasteiger partial charge in [-0.05, 0) is 12.1 Å². The van der Waals surface area contributed by atoms with Crippen molar-refractivity contribution < 1.29 is 0 Å². The van der Waals surface area contributed by atoms with Crippen LogP contribution < -0.4 is 22.8 Å². The Bertz CT molecular complexity index is 294. The quantitative estimate of drug-likeness (QED) is 0.154. The van der Waals surface area contributed by atoms with E-state index in [9.17, 15) is 0 Å². The molecule has 64 valence electrons. The van der Waals surface area contributed by atoms with E-state index in [1.165, 1.54) is 0 Å². The first kappa shape index (κ1) is 8.35. The number of benzene rings is 1. The summed E-state index contributed by atoms with van der Waals surface area (Å²) in [5.74, 6) is 5.23. The van der Waals surface area contributed by atoms with E-state index in [1.54, 1.807) is 12.1 Å². The minimum atomic E-state index is 0.274. The molecule has 0 aliphatic rings. The molecular weight excluding hydrogens is 154 g/mol. The molecule has 0 atom stereocenters. The van der Waals surface area contributed by atoms with Crippen molar-refractivity contribution in [3.63, 3.8) is 0 Å². The first-order valence-electron chi connectivity index (χ1n) is 3.39. The Morgan fingerprint density at radius 3 is 2.58 bits per heavy atom. The predicted octanol–water partition coefficient (Wildman–Crippen LogP) is -0.648. The van der Waals surface area contributed by atoms with Crippen molar-refractivity contribution in [3.8, 4) is 0 Å². The Labute approximate surface area is 70.2 Å². The number of amidine groups is 1. The minimum Gasteiger partial charge on any atom is -0.398 e. The first-order valence-corrected chi connectivity index (χ1v) is 3.39. The largest absolute Gasteiger partial charge is 0.398 e. The maximum absolute atomic E-state index is 5.62. The molecule has 0 amide bonds. The molecule has 0 saturated heterocycles. The lowest BCUT2D eigenvalue weighted by Crippen LogP contribution is -2.23. The van der Waals surface area contributed by atoms with Crippen molar-refractivity contribution >= 4 is 11.5 Å². The van der Waals surface area contributed by atoms with Crippen molar-refractivity contribution in [3.05, 3.63) is 29.8 Å². The number of nitrogens with one attached hydrogen (secondary N) is 1. The number of anilines is 1. The van der Waals surface area contributed by atoms with Gasteiger partial charge in [-0.25, -0.2) is 11.4 Å². The average molecular weight is 165 g/mol. The lowest BCUT2D eigenvalue weighted by Gasteiger charge is -2.02. The summed E-state index contributed by atoms with van der Waals surface area (Å²) in [6.45, 7) is 0. The zero-order valence-electron chi connectivity index (χ0n) is 6.49. The van der Waals surface area contributed by atoms with Crippen LogP contribution in [0, 0.1) is 0 Å². The van der Waals surface area contributed by atoms with E-state index in [4.69, 9.17) is 17.3 Å². The first-order chi connectivity index (χ1) is 5.75. The molecule has 7 N–H and O–H groups in total. The molecule has 0 heterocycles. The van der Waals surface area contributed by atoms with E-state index in [0.29, 0.717) is 11.3 Å². The van der Waals surface area contributed by atoms with Gasteiger partial charge in [0.25, 0.3) is 0 Å². The summed E-state index contributed by atoms with van der Waals surface area (Å²) in [7, 11) is 0. The number of nitrogen functional groups attached to an aromatic ring is 1. The van der Waals surface area contributed by atoms with Crippen molar-refractivity contribution in [2.75, 3.05) is 5.73 Å². The number of nitrogens with two attached hydrogens (primary N) is 3. The summed E-state index contributed by atoms with van der Waals surface area (Å²) in [6.07, 6.45) is 0. The molecule has 0 saturated carbocycles. The summed E-state index contributed by atoms with van der Waals surface area (Å²) in [4.78, 5) is 0. The molecule has 1 aromatic rings. The van der Waals surface area contributed by atoms with Crippen LogP contribution in [-0.4, -0.2) is 5.84 Å². The summed E-state index contributed by atoms with van der Waals surface area (Å²) in [6, 6.07) is 7.16. The van der Waals surface area contributed by atoms with Gasteiger partial charge in [-0.1, -0.05) is 12.1 Å². The molecule has 1 rings (SSSR count). The van der Waals surface area contributed by atoms with Crippen LogP contribution in [0.5, 0.6) is 0 Å². The summed E-state index contributed by atoms with van der Waals surface area (Å²) in [5.41, 5.74) is 14.5. The fourth-order valence-electron chi connectivity index (χ4n) is 0.860. The monoisotopic (exact) mass is 165 g/mol. The Balaban J connectivity index is 3.02. The highest BCUT2D eigenvalue weighted by Gasteiger charge is 2.00. The lowest BCUT2D eigenvalue weighted by molar-refractivity contribution is 0.804. The van der Waals surface area contributed by atoms with E-state index in [2.05, 4.69) is 10.6 Å². The molecule has 0 radical (unpaired) electrons. The minimum absolute atomic E-state index is 0.274. The van der Waals surface area contributed by atoms with Crippen LogP contribution in [0.3, 0.4) is 0 Å². The van der Waals surface area contributed by atoms with E-state index in [-0.39, 0.29) is 5.84 Å². The SMILES string of the molecule is NN/N=C(\N)c1ccccc1N. The zero-order valence-corrected chi connectivity index (χ0v) is 6.49. The molecule has 0 unspecified atom stereocenters. The third-order valence-electron chi connectivity index (χ3n) is 1.42. The molecule has 5 heteroatoms. The summed E-state index contributed by atoms with van der Waals surface area (Å²) < 4.78 is 0. The number of rotatable bonds is 2. The topological polar surface area (TPSA) is 102 Å². The standard InChI is InChI=1S/C7H11N5/c8-6-4-2-1-3-5(6)7(9)11-12-10/h1-4,12H,8,10H2,(H2,9,11). The molecule has 0 spiro atoms. The molecule has 5 nitrogen and oxygen atoms in total. The van der Waals surface area contributed by atoms with Crippen molar-refractivity contribution in [1.29, 1.82) is 0 Å². The van der Waals surface area contributed by atoms with Crippen molar-refractivity contribution in [2.45, 2.75) is 0 Å². The maximum atomic E-state index is 5.62. The molecule has 0 aromatic heterocycles. The van der Waals surface area contributed by atoms with E-state index in [1.807, 2.05) is 12.1 Å². The number of hydrogen-bond acceptors (Lipinski definition) is 4. The Kier molecular flexibility index (Phi) is 2.49. The van der Waals surface area contributed by atoms with Gasteiger partial charge in [-0.15, -0.1) is 5.10 Å². The second-order valence-corrected chi connectivity index (χ2v) is 2.21. The number of hydrazine groups is 1. The van der Waals surface area contributed by atoms with Gasteiger partial charge in [0, 0.05) is 11.3 Å². The van der Waals surface area contributed by atoms with Crippen LogP contribution in [0.15, 0.2) is 29.4 Å². The number of hydrazone groups is 1. The highest BCUT2D eigenvalue weighted by molar-refractivity contribution is 6.01. The number of para-hydroxylation sites is 1. The highest BCUT2D eigenvalue weighted by Crippen LogP contribution is 2.08. The van der Waals surface area contributed by atoms with E-state index >= 15 is 0 Å². The van der Waals surface area contributed by atoms with Crippen LogP contribution in [0.25, 0.3) is 0 Å². The van der Waals surface area contributed by atoms with E-state index < -0.39 is 0 Å². The molecule has 0 fully saturated rings. The van der Waals surface area contributed by atoms with Crippen LogP contribution in [0.2, 0.25) is 0 Å². The van der Waals surface area contributed by atoms with Gasteiger partial charge in [0.1, 0.15) is 0 Å². The molecular formula is C7H11N5. The van der Waals surface area contributed by atoms with Gasteiger partial charge < -0.3 is 11.5 Å².